The molecule has 0 aromatic heterocycles. The summed E-state index contributed by atoms with van der Waals surface area (Å²) in [5, 5.41) is 5.70. The van der Waals surface area contributed by atoms with E-state index in [2.05, 4.69) is 10.6 Å². The SMILES string of the molecule is CC1=CC[C@H]2C(=O)N(c3ccc(C(=O)Nc4ccc(NC(=O)CCc5ccccc5)cc4)cc3)C(=O)[C@H]2C1. The van der Waals surface area contributed by atoms with Gasteiger partial charge in [-0.05, 0) is 80.3 Å². The summed E-state index contributed by atoms with van der Waals surface area (Å²) in [6, 6.07) is 23.2. The molecular formula is C31H29N3O4. The van der Waals surface area contributed by atoms with E-state index in [1.807, 2.05) is 43.3 Å². The van der Waals surface area contributed by atoms with Crippen LogP contribution >= 0.6 is 0 Å². The Morgan fingerprint density at radius 2 is 1.45 bits per heavy atom. The van der Waals surface area contributed by atoms with Gasteiger partial charge in [-0.25, -0.2) is 0 Å². The molecule has 1 heterocycles. The van der Waals surface area contributed by atoms with Gasteiger partial charge >= 0.3 is 0 Å². The number of anilines is 3. The molecule has 2 atom stereocenters. The minimum absolute atomic E-state index is 0.0775. The van der Waals surface area contributed by atoms with E-state index in [1.54, 1.807) is 48.5 Å². The van der Waals surface area contributed by atoms with Crippen molar-refractivity contribution in [3.05, 3.63) is 102 Å². The smallest absolute Gasteiger partial charge is 0.255 e. The Balaban J connectivity index is 1.16. The van der Waals surface area contributed by atoms with Crippen LogP contribution in [0.15, 0.2) is 90.5 Å². The highest BCUT2D eigenvalue weighted by atomic mass is 16.2. The quantitative estimate of drug-likeness (QED) is 0.333. The lowest BCUT2D eigenvalue weighted by atomic mass is 9.82. The zero-order valence-electron chi connectivity index (χ0n) is 21.1. The summed E-state index contributed by atoms with van der Waals surface area (Å²) in [6.07, 6.45) is 4.29. The van der Waals surface area contributed by atoms with Gasteiger partial charge in [0, 0.05) is 23.4 Å². The fourth-order valence-electron chi connectivity index (χ4n) is 5.02. The Kier molecular flexibility index (Phi) is 7.18. The summed E-state index contributed by atoms with van der Waals surface area (Å²) in [7, 11) is 0. The van der Waals surface area contributed by atoms with Gasteiger partial charge in [0.05, 0.1) is 17.5 Å². The molecule has 1 saturated heterocycles. The first-order valence-electron chi connectivity index (χ1n) is 12.8. The van der Waals surface area contributed by atoms with Crippen LogP contribution in [-0.2, 0) is 20.8 Å². The monoisotopic (exact) mass is 507 g/mol. The molecule has 3 aromatic carbocycles. The lowest BCUT2D eigenvalue weighted by Gasteiger charge is -2.18. The van der Waals surface area contributed by atoms with Crippen molar-refractivity contribution in [3.63, 3.8) is 0 Å². The van der Waals surface area contributed by atoms with E-state index < -0.39 is 0 Å². The highest BCUT2D eigenvalue weighted by Gasteiger charge is 2.48. The molecule has 1 fully saturated rings. The summed E-state index contributed by atoms with van der Waals surface area (Å²) in [6.45, 7) is 1.99. The zero-order chi connectivity index (χ0) is 26.6. The zero-order valence-corrected chi connectivity index (χ0v) is 21.1. The van der Waals surface area contributed by atoms with Crippen LogP contribution in [0.5, 0.6) is 0 Å². The summed E-state index contributed by atoms with van der Waals surface area (Å²) in [4.78, 5) is 52.1. The molecule has 0 saturated carbocycles. The molecule has 3 aromatic rings. The van der Waals surface area contributed by atoms with E-state index >= 15 is 0 Å². The van der Waals surface area contributed by atoms with Gasteiger partial charge in [0.2, 0.25) is 17.7 Å². The third-order valence-corrected chi connectivity index (χ3v) is 7.12. The van der Waals surface area contributed by atoms with Crippen LogP contribution in [-0.4, -0.2) is 23.6 Å². The molecule has 0 spiro atoms. The Bertz CT molecular complexity index is 1400. The Labute approximate surface area is 221 Å². The number of fused-ring (bicyclic) bond motifs is 1. The highest BCUT2D eigenvalue weighted by molar-refractivity contribution is 6.22. The van der Waals surface area contributed by atoms with Gasteiger partial charge in [0.15, 0.2) is 0 Å². The first kappa shape index (κ1) is 25.1. The summed E-state index contributed by atoms with van der Waals surface area (Å²) in [5.74, 6) is -1.34. The van der Waals surface area contributed by atoms with Gasteiger partial charge in [-0.15, -0.1) is 0 Å². The molecule has 7 nitrogen and oxygen atoms in total. The van der Waals surface area contributed by atoms with Crippen molar-refractivity contribution in [2.45, 2.75) is 32.6 Å². The summed E-state index contributed by atoms with van der Waals surface area (Å²) >= 11 is 0. The van der Waals surface area contributed by atoms with E-state index in [0.717, 1.165) is 11.1 Å². The fourth-order valence-corrected chi connectivity index (χ4v) is 5.02. The van der Waals surface area contributed by atoms with Gasteiger partial charge in [0.1, 0.15) is 0 Å². The van der Waals surface area contributed by atoms with Crippen LogP contribution in [0.3, 0.4) is 0 Å². The molecule has 0 unspecified atom stereocenters. The van der Waals surface area contributed by atoms with E-state index in [4.69, 9.17) is 0 Å². The molecule has 0 bridgehead atoms. The third kappa shape index (κ3) is 5.42. The van der Waals surface area contributed by atoms with Gasteiger partial charge in [0.25, 0.3) is 5.91 Å². The number of carbonyl (C=O) groups is 4. The molecule has 5 rings (SSSR count). The highest BCUT2D eigenvalue weighted by Crippen LogP contribution is 2.39. The molecule has 0 radical (unpaired) electrons. The maximum absolute atomic E-state index is 12.9. The third-order valence-electron chi connectivity index (χ3n) is 7.12. The fraction of sp³-hybridized carbons (Fsp3) is 0.226. The number of carbonyl (C=O) groups excluding carboxylic acids is 4. The summed E-state index contributed by atoms with van der Waals surface area (Å²) < 4.78 is 0. The van der Waals surface area contributed by atoms with E-state index in [9.17, 15) is 19.2 Å². The minimum Gasteiger partial charge on any atom is -0.326 e. The number of hydrogen-bond donors (Lipinski definition) is 2. The average Bonchev–Trinajstić information content (AvgIpc) is 3.18. The number of nitrogens with one attached hydrogen (secondary N) is 2. The minimum atomic E-state index is -0.316. The first-order valence-corrected chi connectivity index (χ1v) is 12.8. The van der Waals surface area contributed by atoms with Crippen molar-refractivity contribution >= 4 is 40.7 Å². The van der Waals surface area contributed by atoms with Crippen LogP contribution < -0.4 is 15.5 Å². The van der Waals surface area contributed by atoms with E-state index in [0.29, 0.717) is 48.3 Å². The van der Waals surface area contributed by atoms with E-state index in [1.165, 1.54) is 4.90 Å². The molecule has 38 heavy (non-hydrogen) atoms. The van der Waals surface area contributed by atoms with Gasteiger partial charge in [-0.3, -0.25) is 24.1 Å². The molecule has 2 aliphatic rings. The number of allylic oxidation sites excluding steroid dienone is 2. The molecule has 7 heteroatoms. The number of amides is 4. The number of aryl methyl sites for hydroxylation is 1. The molecule has 1 aliphatic carbocycles. The Morgan fingerprint density at radius 3 is 2.13 bits per heavy atom. The maximum Gasteiger partial charge on any atom is 0.255 e. The van der Waals surface area contributed by atoms with Crippen LogP contribution in [0, 0.1) is 11.8 Å². The second-order valence-corrected chi connectivity index (χ2v) is 9.83. The normalized spacial score (nSPS) is 18.6. The van der Waals surface area contributed by atoms with Crippen molar-refractivity contribution in [2.24, 2.45) is 11.8 Å². The lowest BCUT2D eigenvalue weighted by Crippen LogP contribution is -2.30. The lowest BCUT2D eigenvalue weighted by molar-refractivity contribution is -0.122. The second-order valence-electron chi connectivity index (χ2n) is 9.83. The molecule has 1 aliphatic heterocycles. The predicted octanol–water partition coefficient (Wildman–Crippen LogP) is 5.36. The Hall–Kier alpha value is -4.52. The van der Waals surface area contributed by atoms with Gasteiger partial charge in [-0.1, -0.05) is 42.0 Å². The van der Waals surface area contributed by atoms with Gasteiger partial charge < -0.3 is 10.6 Å². The number of nitrogens with zero attached hydrogens (tertiary/aromatic N) is 1. The van der Waals surface area contributed by atoms with Crippen molar-refractivity contribution < 1.29 is 19.2 Å². The number of rotatable bonds is 7. The summed E-state index contributed by atoms with van der Waals surface area (Å²) in [5.41, 5.74) is 4.36. The van der Waals surface area contributed by atoms with Crippen LogP contribution in [0.25, 0.3) is 0 Å². The van der Waals surface area contributed by atoms with Crippen LogP contribution in [0.4, 0.5) is 17.1 Å². The van der Waals surface area contributed by atoms with Crippen molar-refractivity contribution in [1.82, 2.24) is 0 Å². The van der Waals surface area contributed by atoms with Crippen molar-refractivity contribution in [1.29, 1.82) is 0 Å². The second kappa shape index (κ2) is 10.8. The average molecular weight is 508 g/mol. The van der Waals surface area contributed by atoms with E-state index in [-0.39, 0.29) is 35.5 Å². The molecule has 192 valence electrons. The van der Waals surface area contributed by atoms with Crippen molar-refractivity contribution in [2.75, 3.05) is 15.5 Å². The number of hydrogen-bond acceptors (Lipinski definition) is 4. The first-order chi connectivity index (χ1) is 18.4. The topological polar surface area (TPSA) is 95.6 Å². The number of benzene rings is 3. The number of imide groups is 1. The molecular weight excluding hydrogens is 478 g/mol. The van der Waals surface area contributed by atoms with Gasteiger partial charge in [-0.2, -0.15) is 0 Å². The molecule has 4 amide bonds. The standard InChI is InChI=1S/C31H29N3O4/c1-20-7-17-26-27(19-20)31(38)34(30(26)37)25-15-9-22(10-16-25)29(36)33-24-13-11-23(12-14-24)32-28(35)18-8-21-5-3-2-4-6-21/h2-7,9-16,26-27H,8,17-19H2,1H3,(H,32,35)(H,33,36)/t26-,27+/m1/s1. The maximum atomic E-state index is 12.9. The van der Waals surface area contributed by atoms with Crippen LogP contribution in [0.2, 0.25) is 0 Å². The van der Waals surface area contributed by atoms with Crippen molar-refractivity contribution in [3.8, 4) is 0 Å². The van der Waals surface area contributed by atoms with Crippen LogP contribution in [0.1, 0.15) is 42.1 Å². The Morgan fingerprint density at radius 1 is 0.816 bits per heavy atom. The largest absolute Gasteiger partial charge is 0.326 e. The predicted molar refractivity (Wildman–Crippen MR) is 147 cm³/mol. The molecule has 2 N–H and O–H groups in total.